The highest BCUT2D eigenvalue weighted by Gasteiger charge is 2.35. The summed E-state index contributed by atoms with van der Waals surface area (Å²) in [5.74, 6) is 0.123. The summed E-state index contributed by atoms with van der Waals surface area (Å²) in [6.45, 7) is 0.582. The number of nitrogens with zero attached hydrogens (tertiary/aromatic N) is 2. The Balaban J connectivity index is 2.11. The van der Waals surface area contributed by atoms with Gasteiger partial charge >= 0.3 is 6.18 Å². The summed E-state index contributed by atoms with van der Waals surface area (Å²) in [6, 6.07) is 0.898. The molecule has 1 heterocycles. The summed E-state index contributed by atoms with van der Waals surface area (Å²) in [6.07, 6.45) is 1.94. The Hall–Kier alpha value is -0.690. The van der Waals surface area contributed by atoms with E-state index < -0.39 is 17.2 Å². The van der Waals surface area contributed by atoms with E-state index in [1.54, 1.807) is 11.8 Å². The summed E-state index contributed by atoms with van der Waals surface area (Å²) < 4.78 is 38.0. The Kier molecular flexibility index (Phi) is 4.69. The molecule has 20 heavy (non-hydrogen) atoms. The molecular formula is C12H15ClF3N3S. The van der Waals surface area contributed by atoms with Crippen LogP contribution in [0.2, 0.25) is 5.28 Å². The van der Waals surface area contributed by atoms with Crippen molar-refractivity contribution in [3.05, 3.63) is 17.0 Å². The Morgan fingerprint density at radius 3 is 2.55 bits per heavy atom. The van der Waals surface area contributed by atoms with Gasteiger partial charge < -0.3 is 5.32 Å². The molecule has 8 heteroatoms. The molecule has 0 radical (unpaired) electrons. The standard InChI is InChI=1S/C12H15ClF3N3S/c1-20-11(4-2-3-5-11)7-17-9-6-8(12(14,15)16)18-10(13)19-9/h6H,2-5,7H2,1H3,(H,17,18,19). The highest BCUT2D eigenvalue weighted by molar-refractivity contribution is 8.00. The molecule has 1 aromatic heterocycles. The first-order chi connectivity index (χ1) is 9.35. The van der Waals surface area contributed by atoms with Crippen LogP contribution in [-0.4, -0.2) is 27.5 Å². The van der Waals surface area contributed by atoms with E-state index in [1.165, 1.54) is 0 Å². The van der Waals surface area contributed by atoms with E-state index in [0.717, 1.165) is 31.7 Å². The van der Waals surface area contributed by atoms with Crippen molar-refractivity contribution in [1.29, 1.82) is 0 Å². The first-order valence-electron chi connectivity index (χ1n) is 6.25. The van der Waals surface area contributed by atoms with E-state index in [4.69, 9.17) is 11.6 Å². The van der Waals surface area contributed by atoms with Crippen molar-refractivity contribution in [1.82, 2.24) is 9.97 Å². The molecule has 1 fully saturated rings. The molecule has 1 aliphatic rings. The van der Waals surface area contributed by atoms with Gasteiger partial charge in [0.15, 0.2) is 5.69 Å². The highest BCUT2D eigenvalue weighted by atomic mass is 35.5. The zero-order valence-corrected chi connectivity index (χ0v) is 12.5. The molecular weight excluding hydrogens is 311 g/mol. The summed E-state index contributed by atoms with van der Waals surface area (Å²) >= 11 is 7.30. The molecule has 2 rings (SSSR count). The van der Waals surface area contributed by atoms with Gasteiger partial charge in [0.05, 0.1) is 0 Å². The Labute approximate surface area is 124 Å². The molecule has 1 aliphatic carbocycles. The SMILES string of the molecule is CSC1(CNc2cc(C(F)(F)F)nc(Cl)n2)CCCC1. The lowest BCUT2D eigenvalue weighted by atomic mass is 10.1. The molecule has 1 N–H and O–H groups in total. The van der Waals surface area contributed by atoms with E-state index in [2.05, 4.69) is 15.3 Å². The largest absolute Gasteiger partial charge is 0.433 e. The number of nitrogens with one attached hydrogen (secondary N) is 1. The van der Waals surface area contributed by atoms with Crippen molar-refractivity contribution in [2.75, 3.05) is 18.1 Å². The third kappa shape index (κ3) is 3.69. The predicted molar refractivity (Wildman–Crippen MR) is 75.2 cm³/mol. The van der Waals surface area contributed by atoms with Crippen molar-refractivity contribution in [2.24, 2.45) is 0 Å². The van der Waals surface area contributed by atoms with Crippen LogP contribution in [0.4, 0.5) is 19.0 Å². The van der Waals surface area contributed by atoms with E-state index in [0.29, 0.717) is 6.54 Å². The number of alkyl halides is 3. The molecule has 0 atom stereocenters. The maximum atomic E-state index is 12.6. The Bertz CT molecular complexity index is 476. The molecule has 0 spiro atoms. The minimum absolute atomic E-state index is 0.0792. The number of hydrogen-bond donors (Lipinski definition) is 1. The monoisotopic (exact) mass is 325 g/mol. The molecule has 1 aromatic rings. The van der Waals surface area contributed by atoms with Crippen LogP contribution in [0.25, 0.3) is 0 Å². The number of aromatic nitrogens is 2. The van der Waals surface area contributed by atoms with Gasteiger partial charge in [-0.25, -0.2) is 9.97 Å². The van der Waals surface area contributed by atoms with Crippen molar-refractivity contribution >= 4 is 29.2 Å². The fraction of sp³-hybridized carbons (Fsp3) is 0.667. The van der Waals surface area contributed by atoms with Crippen molar-refractivity contribution < 1.29 is 13.2 Å². The molecule has 0 aromatic carbocycles. The third-order valence-corrected chi connectivity index (χ3v) is 5.12. The zero-order valence-electron chi connectivity index (χ0n) is 10.9. The van der Waals surface area contributed by atoms with Gasteiger partial charge in [-0.05, 0) is 30.7 Å². The molecule has 0 unspecified atom stereocenters. The van der Waals surface area contributed by atoms with Gasteiger partial charge in [0.1, 0.15) is 5.82 Å². The maximum absolute atomic E-state index is 12.6. The van der Waals surface area contributed by atoms with Crippen LogP contribution in [0.15, 0.2) is 6.07 Å². The molecule has 112 valence electrons. The Morgan fingerprint density at radius 1 is 1.35 bits per heavy atom. The van der Waals surface area contributed by atoms with Crippen LogP contribution in [0.3, 0.4) is 0 Å². The molecule has 0 amide bonds. The summed E-state index contributed by atoms with van der Waals surface area (Å²) in [7, 11) is 0. The first-order valence-corrected chi connectivity index (χ1v) is 7.86. The molecule has 0 saturated heterocycles. The van der Waals surface area contributed by atoms with Gasteiger partial charge in [-0.15, -0.1) is 0 Å². The number of rotatable bonds is 4. The summed E-state index contributed by atoms with van der Waals surface area (Å²) in [5.41, 5.74) is -1.02. The fourth-order valence-corrected chi connectivity index (χ4v) is 3.47. The van der Waals surface area contributed by atoms with E-state index in [-0.39, 0.29) is 10.6 Å². The van der Waals surface area contributed by atoms with Gasteiger partial charge in [-0.1, -0.05) is 12.8 Å². The lowest BCUT2D eigenvalue weighted by molar-refractivity contribution is -0.141. The number of thioether (sulfide) groups is 1. The second-order valence-corrected chi connectivity index (χ2v) is 6.47. The average Bonchev–Trinajstić information content (AvgIpc) is 2.84. The number of anilines is 1. The summed E-state index contributed by atoms with van der Waals surface area (Å²) in [4.78, 5) is 7.01. The second kappa shape index (κ2) is 5.97. The minimum Gasteiger partial charge on any atom is -0.369 e. The Morgan fingerprint density at radius 2 is 2.00 bits per heavy atom. The van der Waals surface area contributed by atoms with Crippen molar-refractivity contribution in [3.63, 3.8) is 0 Å². The van der Waals surface area contributed by atoms with Crippen LogP contribution in [0.1, 0.15) is 31.4 Å². The average molecular weight is 326 g/mol. The van der Waals surface area contributed by atoms with Crippen LogP contribution >= 0.6 is 23.4 Å². The quantitative estimate of drug-likeness (QED) is 0.840. The second-order valence-electron chi connectivity index (χ2n) is 4.85. The molecule has 1 saturated carbocycles. The predicted octanol–water partition coefficient (Wildman–Crippen LogP) is 4.24. The van der Waals surface area contributed by atoms with E-state index >= 15 is 0 Å². The summed E-state index contributed by atoms with van der Waals surface area (Å²) in [5, 5.41) is 2.58. The topological polar surface area (TPSA) is 37.8 Å². The third-order valence-electron chi connectivity index (χ3n) is 3.53. The van der Waals surface area contributed by atoms with E-state index in [9.17, 15) is 13.2 Å². The van der Waals surface area contributed by atoms with Gasteiger partial charge in [0.25, 0.3) is 0 Å². The normalized spacial score (nSPS) is 18.2. The van der Waals surface area contributed by atoms with Crippen LogP contribution in [0.5, 0.6) is 0 Å². The van der Waals surface area contributed by atoms with E-state index in [1.807, 2.05) is 6.26 Å². The molecule has 0 aliphatic heterocycles. The smallest absolute Gasteiger partial charge is 0.369 e. The first kappa shape index (κ1) is 15.7. The number of hydrogen-bond acceptors (Lipinski definition) is 4. The van der Waals surface area contributed by atoms with Gasteiger partial charge in [-0.3, -0.25) is 0 Å². The van der Waals surface area contributed by atoms with Crippen molar-refractivity contribution in [3.8, 4) is 0 Å². The molecule has 3 nitrogen and oxygen atoms in total. The van der Waals surface area contributed by atoms with Crippen molar-refractivity contribution in [2.45, 2.75) is 36.6 Å². The fourth-order valence-electron chi connectivity index (χ4n) is 2.38. The van der Waals surface area contributed by atoms with Gasteiger partial charge in [0.2, 0.25) is 5.28 Å². The maximum Gasteiger partial charge on any atom is 0.433 e. The van der Waals surface area contributed by atoms with Gasteiger partial charge in [-0.2, -0.15) is 24.9 Å². The van der Waals surface area contributed by atoms with Crippen LogP contribution in [0, 0.1) is 0 Å². The van der Waals surface area contributed by atoms with Crippen LogP contribution in [-0.2, 0) is 6.18 Å². The zero-order chi connectivity index (χ0) is 14.8. The lowest BCUT2D eigenvalue weighted by Gasteiger charge is -2.27. The van der Waals surface area contributed by atoms with Crippen LogP contribution < -0.4 is 5.32 Å². The molecule has 0 bridgehead atoms. The van der Waals surface area contributed by atoms with Gasteiger partial charge in [0, 0.05) is 17.4 Å². The number of halogens is 4. The minimum atomic E-state index is -4.52. The lowest BCUT2D eigenvalue weighted by Crippen LogP contribution is -2.30. The highest BCUT2D eigenvalue weighted by Crippen LogP contribution is 2.40.